The Balaban J connectivity index is 2.07. The lowest BCUT2D eigenvalue weighted by atomic mass is 10.3. The Bertz CT molecular complexity index is 616. The number of halogens is 1. The zero-order chi connectivity index (χ0) is 14.7. The maximum absolute atomic E-state index is 12.2. The van der Waals surface area contributed by atoms with Gasteiger partial charge in [0.05, 0.1) is 6.20 Å². The molecule has 0 aromatic carbocycles. The number of nitrogens with zero attached hydrogens (tertiary/aromatic N) is 3. The molecule has 6 nitrogen and oxygen atoms in total. The van der Waals surface area contributed by atoms with Crippen molar-refractivity contribution in [1.82, 2.24) is 19.7 Å². The Morgan fingerprint density at radius 3 is 2.90 bits per heavy atom. The van der Waals surface area contributed by atoms with Crippen LogP contribution in [0, 0.1) is 0 Å². The molecule has 1 amide bonds. The first kappa shape index (κ1) is 14.6. The molecule has 108 valence electrons. The van der Waals surface area contributed by atoms with Gasteiger partial charge in [-0.2, -0.15) is 5.10 Å². The fourth-order valence-corrected chi connectivity index (χ4v) is 2.45. The number of amides is 1. The molecular weight excluding hydrogens is 322 g/mol. The number of carbonyl (C=O) groups is 1. The summed E-state index contributed by atoms with van der Waals surface area (Å²) in [7, 11) is 1.77. The Morgan fingerprint density at radius 1 is 1.55 bits per heavy atom. The molecule has 2 heterocycles. The first-order valence-electron chi connectivity index (χ1n) is 6.43. The highest BCUT2D eigenvalue weighted by Crippen LogP contribution is 2.16. The number of anilines is 1. The molecule has 0 aliphatic carbocycles. The predicted molar refractivity (Wildman–Crippen MR) is 81.2 cm³/mol. The minimum Gasteiger partial charge on any atom is -0.384 e. The summed E-state index contributed by atoms with van der Waals surface area (Å²) in [6.45, 7) is 3.25. The monoisotopic (exact) mass is 339 g/mol. The van der Waals surface area contributed by atoms with Gasteiger partial charge in [0.2, 0.25) is 0 Å². The summed E-state index contributed by atoms with van der Waals surface area (Å²) in [6.07, 6.45) is 4.55. The highest BCUT2D eigenvalue weighted by Gasteiger charge is 2.13. The van der Waals surface area contributed by atoms with Gasteiger partial charge in [-0.1, -0.05) is 6.92 Å². The molecule has 0 aliphatic heterocycles. The molecule has 0 aliphatic rings. The average molecular weight is 340 g/mol. The van der Waals surface area contributed by atoms with E-state index in [1.807, 2.05) is 16.8 Å². The molecule has 3 N–H and O–H groups in total. The van der Waals surface area contributed by atoms with Crippen LogP contribution in [0.5, 0.6) is 0 Å². The third-order valence-corrected chi connectivity index (χ3v) is 3.50. The molecule has 0 fully saturated rings. The van der Waals surface area contributed by atoms with E-state index >= 15 is 0 Å². The quantitative estimate of drug-likeness (QED) is 0.873. The van der Waals surface area contributed by atoms with Crippen molar-refractivity contribution in [1.29, 1.82) is 0 Å². The Morgan fingerprint density at radius 2 is 2.30 bits per heavy atom. The average Bonchev–Trinajstić information content (AvgIpc) is 2.93. The SMILES string of the molecule is CCCn1cc(Br)cc1C(=O)NCc1cnn(C)c1N. The summed E-state index contributed by atoms with van der Waals surface area (Å²) in [5.41, 5.74) is 7.30. The number of nitrogen functional groups attached to an aromatic ring is 1. The number of carbonyl (C=O) groups excluding carboxylic acids is 1. The van der Waals surface area contributed by atoms with Crippen LogP contribution in [-0.4, -0.2) is 20.3 Å². The normalized spacial score (nSPS) is 10.8. The van der Waals surface area contributed by atoms with Crippen LogP contribution in [0.2, 0.25) is 0 Å². The Hall–Kier alpha value is -1.76. The van der Waals surface area contributed by atoms with Gasteiger partial charge in [-0.3, -0.25) is 9.48 Å². The van der Waals surface area contributed by atoms with Crippen molar-refractivity contribution in [3.63, 3.8) is 0 Å². The van der Waals surface area contributed by atoms with E-state index in [2.05, 4.69) is 33.3 Å². The van der Waals surface area contributed by atoms with Crippen molar-refractivity contribution in [2.75, 3.05) is 5.73 Å². The third-order valence-electron chi connectivity index (χ3n) is 3.06. The van der Waals surface area contributed by atoms with Gasteiger partial charge in [0.15, 0.2) is 0 Å². The van der Waals surface area contributed by atoms with Gasteiger partial charge in [-0.25, -0.2) is 0 Å². The molecule has 2 aromatic heterocycles. The molecule has 2 aromatic rings. The van der Waals surface area contributed by atoms with E-state index in [1.54, 1.807) is 17.9 Å². The molecule has 7 heteroatoms. The zero-order valence-corrected chi connectivity index (χ0v) is 13.1. The van der Waals surface area contributed by atoms with Gasteiger partial charge in [0.1, 0.15) is 11.5 Å². The number of hydrogen-bond donors (Lipinski definition) is 2. The minimum absolute atomic E-state index is 0.118. The Kier molecular flexibility index (Phi) is 4.49. The van der Waals surface area contributed by atoms with Crippen molar-refractivity contribution in [2.24, 2.45) is 7.05 Å². The highest BCUT2D eigenvalue weighted by atomic mass is 79.9. The van der Waals surface area contributed by atoms with Gasteiger partial charge in [0.25, 0.3) is 5.91 Å². The first-order chi connectivity index (χ1) is 9.52. The molecule has 0 spiro atoms. The number of aromatic nitrogens is 3. The van der Waals surface area contributed by atoms with Crippen LogP contribution in [0.25, 0.3) is 0 Å². The van der Waals surface area contributed by atoms with Crippen LogP contribution in [0.1, 0.15) is 29.4 Å². The van der Waals surface area contributed by atoms with Crippen molar-refractivity contribution in [3.05, 3.63) is 34.2 Å². The minimum atomic E-state index is -0.118. The molecule has 20 heavy (non-hydrogen) atoms. The zero-order valence-electron chi connectivity index (χ0n) is 11.6. The summed E-state index contributed by atoms with van der Waals surface area (Å²) in [5, 5.41) is 6.91. The summed E-state index contributed by atoms with van der Waals surface area (Å²) < 4.78 is 4.42. The second kappa shape index (κ2) is 6.13. The van der Waals surface area contributed by atoms with Crippen LogP contribution in [0.4, 0.5) is 5.82 Å². The van der Waals surface area contributed by atoms with Crippen molar-refractivity contribution in [2.45, 2.75) is 26.4 Å². The van der Waals surface area contributed by atoms with Gasteiger partial charge in [0, 0.05) is 36.4 Å². The second-order valence-corrected chi connectivity index (χ2v) is 5.51. The van der Waals surface area contributed by atoms with E-state index in [9.17, 15) is 4.79 Å². The summed E-state index contributed by atoms with van der Waals surface area (Å²) in [4.78, 5) is 12.2. The van der Waals surface area contributed by atoms with Gasteiger partial charge >= 0.3 is 0 Å². The van der Waals surface area contributed by atoms with Crippen LogP contribution in [0.15, 0.2) is 22.9 Å². The molecule has 0 saturated carbocycles. The van der Waals surface area contributed by atoms with E-state index < -0.39 is 0 Å². The highest BCUT2D eigenvalue weighted by molar-refractivity contribution is 9.10. The number of nitrogens with two attached hydrogens (primary N) is 1. The van der Waals surface area contributed by atoms with E-state index in [1.165, 1.54) is 0 Å². The van der Waals surface area contributed by atoms with Crippen LogP contribution < -0.4 is 11.1 Å². The standard InChI is InChI=1S/C13H18BrN5O/c1-3-4-19-8-10(14)5-11(19)13(20)16-6-9-7-17-18(2)12(9)15/h5,7-8H,3-4,6,15H2,1-2H3,(H,16,20). The topological polar surface area (TPSA) is 77.9 Å². The molecule has 0 radical (unpaired) electrons. The lowest BCUT2D eigenvalue weighted by molar-refractivity contribution is 0.0941. The molecule has 2 rings (SSSR count). The van der Waals surface area contributed by atoms with Crippen LogP contribution >= 0.6 is 15.9 Å². The fourth-order valence-electron chi connectivity index (χ4n) is 1.99. The summed E-state index contributed by atoms with van der Waals surface area (Å²) >= 11 is 3.40. The lowest BCUT2D eigenvalue weighted by Crippen LogP contribution is -2.25. The molecule has 0 unspecified atom stereocenters. The van der Waals surface area contributed by atoms with E-state index in [4.69, 9.17) is 5.73 Å². The van der Waals surface area contributed by atoms with Crippen LogP contribution in [0.3, 0.4) is 0 Å². The van der Waals surface area contributed by atoms with Gasteiger partial charge in [-0.05, 0) is 28.4 Å². The molecular formula is C13H18BrN5O. The third kappa shape index (κ3) is 3.04. The van der Waals surface area contributed by atoms with Gasteiger partial charge < -0.3 is 15.6 Å². The number of hydrogen-bond acceptors (Lipinski definition) is 3. The first-order valence-corrected chi connectivity index (χ1v) is 7.22. The predicted octanol–water partition coefficient (Wildman–Crippen LogP) is 1.91. The van der Waals surface area contributed by atoms with Crippen LogP contribution in [-0.2, 0) is 20.1 Å². The molecule has 0 bridgehead atoms. The second-order valence-electron chi connectivity index (χ2n) is 4.60. The number of rotatable bonds is 5. The van der Waals surface area contributed by atoms with Crippen molar-refractivity contribution >= 4 is 27.7 Å². The van der Waals surface area contributed by atoms with E-state index in [-0.39, 0.29) is 5.91 Å². The van der Waals surface area contributed by atoms with Gasteiger partial charge in [-0.15, -0.1) is 0 Å². The van der Waals surface area contributed by atoms with E-state index in [0.717, 1.165) is 23.0 Å². The smallest absolute Gasteiger partial charge is 0.268 e. The van der Waals surface area contributed by atoms with Crippen molar-refractivity contribution in [3.8, 4) is 0 Å². The van der Waals surface area contributed by atoms with E-state index in [0.29, 0.717) is 18.1 Å². The maximum atomic E-state index is 12.2. The lowest BCUT2D eigenvalue weighted by Gasteiger charge is -2.08. The molecule has 0 saturated heterocycles. The number of nitrogens with one attached hydrogen (secondary N) is 1. The largest absolute Gasteiger partial charge is 0.384 e. The number of aryl methyl sites for hydroxylation is 2. The maximum Gasteiger partial charge on any atom is 0.268 e. The fraction of sp³-hybridized carbons (Fsp3) is 0.385. The molecule has 0 atom stereocenters. The Labute approximate surface area is 126 Å². The summed E-state index contributed by atoms with van der Waals surface area (Å²) in [6, 6.07) is 1.82. The van der Waals surface area contributed by atoms with Crippen molar-refractivity contribution < 1.29 is 4.79 Å². The summed E-state index contributed by atoms with van der Waals surface area (Å²) in [5.74, 6) is 0.447.